The molecule has 1 N–H and O–H groups in total. The van der Waals surface area contributed by atoms with Crippen molar-refractivity contribution in [1.29, 1.82) is 0 Å². The van der Waals surface area contributed by atoms with Crippen LogP contribution in [0, 0.1) is 6.92 Å². The summed E-state index contributed by atoms with van der Waals surface area (Å²) in [4.78, 5) is 7.99. The molecule has 0 aliphatic rings. The summed E-state index contributed by atoms with van der Waals surface area (Å²) < 4.78 is 33.5. The van der Waals surface area contributed by atoms with E-state index in [1.54, 1.807) is 55.6 Å². The Morgan fingerprint density at radius 2 is 1.66 bits per heavy atom. The molecule has 6 nitrogen and oxygen atoms in total. The Morgan fingerprint density at radius 3 is 2.31 bits per heavy atom. The zero-order valence-corrected chi connectivity index (χ0v) is 17.0. The normalized spacial score (nSPS) is 11.5. The van der Waals surface area contributed by atoms with Crippen LogP contribution in [-0.4, -0.2) is 25.5 Å². The number of aromatic nitrogens is 2. The molecule has 1 heterocycles. The Kier molecular flexibility index (Phi) is 4.98. The molecule has 3 aromatic carbocycles. The van der Waals surface area contributed by atoms with Crippen molar-refractivity contribution >= 4 is 26.7 Å². The van der Waals surface area contributed by atoms with Gasteiger partial charge in [0, 0.05) is 0 Å². The number of anilines is 1. The Bertz CT molecular complexity index is 1200. The van der Waals surface area contributed by atoms with Gasteiger partial charge >= 0.3 is 0 Å². The molecule has 0 aliphatic heterocycles. The number of aryl methyl sites for hydroxylation is 1. The number of ether oxygens (including phenoxy) is 1. The Hall–Kier alpha value is -3.32. The predicted octanol–water partition coefficient (Wildman–Crippen LogP) is 4.28. The summed E-state index contributed by atoms with van der Waals surface area (Å²) in [6.07, 6.45) is 0. The summed E-state index contributed by atoms with van der Waals surface area (Å²) in [6.45, 7) is 2.00. The second-order valence-corrected chi connectivity index (χ2v) is 8.59. The van der Waals surface area contributed by atoms with E-state index in [0.29, 0.717) is 17.3 Å². The number of nitrogens with zero attached hydrogens (tertiary/aromatic N) is 2. The summed E-state index contributed by atoms with van der Waals surface area (Å²) in [5, 5.41) is 0. The number of hydrogen-bond donors (Lipinski definition) is 1. The average molecular weight is 407 g/mol. The van der Waals surface area contributed by atoms with E-state index in [1.165, 1.54) is 4.31 Å². The molecule has 7 heteroatoms. The molecule has 0 aliphatic carbocycles. The molecule has 1 aromatic heterocycles. The first-order valence-corrected chi connectivity index (χ1v) is 10.6. The lowest BCUT2D eigenvalue weighted by Crippen LogP contribution is -2.31. The SMILES string of the molecule is COc1ccc(N(Cc2nc3ccccc3[nH]2)S(=O)(=O)c2ccc(C)cc2)cc1. The minimum atomic E-state index is -3.79. The maximum atomic E-state index is 13.5. The van der Waals surface area contributed by atoms with Crippen LogP contribution in [0.5, 0.6) is 5.75 Å². The van der Waals surface area contributed by atoms with Crippen LogP contribution in [0.3, 0.4) is 0 Å². The smallest absolute Gasteiger partial charge is 0.264 e. The van der Waals surface area contributed by atoms with E-state index in [2.05, 4.69) is 9.97 Å². The fourth-order valence-corrected chi connectivity index (χ4v) is 4.54. The van der Waals surface area contributed by atoms with Crippen molar-refractivity contribution in [2.75, 3.05) is 11.4 Å². The zero-order valence-electron chi connectivity index (χ0n) is 16.2. The van der Waals surface area contributed by atoms with Crippen molar-refractivity contribution in [3.8, 4) is 5.75 Å². The van der Waals surface area contributed by atoms with Gasteiger partial charge in [-0.15, -0.1) is 0 Å². The number of rotatable bonds is 6. The molecule has 0 unspecified atom stereocenters. The molecule has 4 rings (SSSR count). The largest absolute Gasteiger partial charge is 0.497 e. The molecule has 0 spiro atoms. The fourth-order valence-electron chi connectivity index (χ4n) is 3.12. The second kappa shape index (κ2) is 7.60. The Labute approximate surface area is 169 Å². The van der Waals surface area contributed by atoms with Gasteiger partial charge in [-0.3, -0.25) is 4.31 Å². The van der Waals surface area contributed by atoms with E-state index in [-0.39, 0.29) is 11.4 Å². The average Bonchev–Trinajstić information content (AvgIpc) is 3.15. The minimum absolute atomic E-state index is 0.0806. The molecule has 0 saturated heterocycles. The van der Waals surface area contributed by atoms with E-state index < -0.39 is 10.0 Å². The fraction of sp³-hybridized carbons (Fsp3) is 0.136. The van der Waals surface area contributed by atoms with Crippen LogP contribution in [0.1, 0.15) is 11.4 Å². The zero-order chi connectivity index (χ0) is 20.4. The molecule has 0 bridgehead atoms. The monoisotopic (exact) mass is 407 g/mol. The van der Waals surface area contributed by atoms with Gasteiger partial charge in [0.15, 0.2) is 0 Å². The Balaban J connectivity index is 1.78. The molecule has 29 heavy (non-hydrogen) atoms. The lowest BCUT2D eigenvalue weighted by molar-refractivity contribution is 0.415. The maximum Gasteiger partial charge on any atom is 0.264 e. The highest BCUT2D eigenvalue weighted by Gasteiger charge is 2.26. The Morgan fingerprint density at radius 1 is 0.966 bits per heavy atom. The maximum absolute atomic E-state index is 13.5. The van der Waals surface area contributed by atoms with Gasteiger partial charge in [-0.2, -0.15) is 0 Å². The number of aromatic amines is 1. The van der Waals surface area contributed by atoms with Crippen molar-refractivity contribution in [3.05, 3.63) is 84.2 Å². The third kappa shape index (κ3) is 3.82. The minimum Gasteiger partial charge on any atom is -0.497 e. The summed E-state index contributed by atoms with van der Waals surface area (Å²) in [7, 11) is -2.22. The first-order valence-electron chi connectivity index (χ1n) is 9.14. The number of hydrogen-bond acceptors (Lipinski definition) is 4. The van der Waals surface area contributed by atoms with Gasteiger partial charge in [-0.25, -0.2) is 13.4 Å². The van der Waals surface area contributed by atoms with E-state index >= 15 is 0 Å². The van der Waals surface area contributed by atoms with Crippen LogP contribution in [0.4, 0.5) is 5.69 Å². The van der Waals surface area contributed by atoms with Crippen molar-refractivity contribution in [3.63, 3.8) is 0 Å². The van der Waals surface area contributed by atoms with Crippen LogP contribution >= 0.6 is 0 Å². The van der Waals surface area contributed by atoms with Crippen molar-refractivity contribution < 1.29 is 13.2 Å². The standard InChI is InChI=1S/C22H21N3O3S/c1-16-7-13-19(14-8-16)29(26,27)25(17-9-11-18(28-2)12-10-17)15-22-23-20-5-3-4-6-21(20)24-22/h3-14H,15H2,1-2H3,(H,23,24). The number of methoxy groups -OCH3 is 1. The molecule has 0 saturated carbocycles. The van der Waals surface area contributed by atoms with Crippen LogP contribution in [0.15, 0.2) is 77.7 Å². The lowest BCUT2D eigenvalue weighted by atomic mass is 10.2. The number of H-pyrrole nitrogens is 1. The molecule has 0 fully saturated rings. The number of nitrogens with one attached hydrogen (secondary N) is 1. The summed E-state index contributed by atoms with van der Waals surface area (Å²) >= 11 is 0. The molecular formula is C22H21N3O3S. The van der Waals surface area contributed by atoms with Gasteiger partial charge in [0.05, 0.1) is 35.3 Å². The number of fused-ring (bicyclic) bond motifs is 1. The van der Waals surface area contributed by atoms with Crippen LogP contribution in [-0.2, 0) is 16.6 Å². The quantitative estimate of drug-likeness (QED) is 0.518. The van der Waals surface area contributed by atoms with E-state index in [0.717, 1.165) is 16.6 Å². The molecule has 0 radical (unpaired) electrons. The first kappa shape index (κ1) is 19.0. The number of benzene rings is 3. The van der Waals surface area contributed by atoms with Gasteiger partial charge in [-0.05, 0) is 55.5 Å². The lowest BCUT2D eigenvalue weighted by Gasteiger charge is -2.24. The van der Waals surface area contributed by atoms with Gasteiger partial charge in [-0.1, -0.05) is 29.8 Å². The highest BCUT2D eigenvalue weighted by atomic mass is 32.2. The van der Waals surface area contributed by atoms with E-state index in [4.69, 9.17) is 4.74 Å². The molecule has 148 valence electrons. The first-order chi connectivity index (χ1) is 14.0. The molecule has 4 aromatic rings. The van der Waals surface area contributed by atoms with Gasteiger partial charge in [0.2, 0.25) is 0 Å². The predicted molar refractivity (Wildman–Crippen MR) is 114 cm³/mol. The van der Waals surface area contributed by atoms with Crippen LogP contribution in [0.2, 0.25) is 0 Å². The third-order valence-electron chi connectivity index (χ3n) is 4.70. The van der Waals surface area contributed by atoms with Gasteiger partial charge in [0.25, 0.3) is 10.0 Å². The second-order valence-electron chi connectivity index (χ2n) is 6.72. The highest BCUT2D eigenvalue weighted by molar-refractivity contribution is 7.92. The summed E-state index contributed by atoms with van der Waals surface area (Å²) in [5.41, 5.74) is 3.19. The molecular weight excluding hydrogens is 386 g/mol. The van der Waals surface area contributed by atoms with Gasteiger partial charge < -0.3 is 9.72 Å². The topological polar surface area (TPSA) is 75.3 Å². The van der Waals surface area contributed by atoms with Crippen LogP contribution < -0.4 is 9.04 Å². The highest BCUT2D eigenvalue weighted by Crippen LogP contribution is 2.28. The number of para-hydroxylation sites is 2. The molecule has 0 amide bonds. The number of sulfonamides is 1. The van der Waals surface area contributed by atoms with Crippen molar-refractivity contribution in [1.82, 2.24) is 9.97 Å². The van der Waals surface area contributed by atoms with Crippen molar-refractivity contribution in [2.45, 2.75) is 18.4 Å². The van der Waals surface area contributed by atoms with Crippen LogP contribution in [0.25, 0.3) is 11.0 Å². The number of imidazole rings is 1. The van der Waals surface area contributed by atoms with E-state index in [9.17, 15) is 8.42 Å². The van der Waals surface area contributed by atoms with E-state index in [1.807, 2.05) is 31.2 Å². The van der Waals surface area contributed by atoms with Crippen molar-refractivity contribution in [2.24, 2.45) is 0 Å². The summed E-state index contributed by atoms with van der Waals surface area (Å²) in [5.74, 6) is 1.22. The molecule has 0 atom stereocenters. The third-order valence-corrected chi connectivity index (χ3v) is 6.49. The summed E-state index contributed by atoms with van der Waals surface area (Å²) in [6, 6.07) is 21.4. The van der Waals surface area contributed by atoms with Gasteiger partial charge in [0.1, 0.15) is 11.6 Å².